The molecule has 0 spiro atoms. The molecule has 0 fully saturated rings. The van der Waals surface area contributed by atoms with Crippen molar-refractivity contribution in [2.75, 3.05) is 20.6 Å². The van der Waals surface area contributed by atoms with Gasteiger partial charge in [-0.2, -0.15) is 0 Å². The topological polar surface area (TPSA) is 23.5 Å². The van der Waals surface area contributed by atoms with Crippen LogP contribution in [-0.4, -0.2) is 30.6 Å². The van der Waals surface area contributed by atoms with Crippen LogP contribution in [0.2, 0.25) is 0 Å². The Balaban J connectivity index is 2.42. The Morgan fingerprint density at radius 2 is 1.75 bits per heavy atom. The van der Waals surface area contributed by atoms with Gasteiger partial charge in [-0.05, 0) is 42.9 Å². The Kier molecular flexibility index (Phi) is 4.46. The summed E-state index contributed by atoms with van der Waals surface area (Å²) in [5, 5.41) is 13.5. The lowest BCUT2D eigenvalue weighted by Crippen LogP contribution is -2.38. The predicted octanol–water partition coefficient (Wildman–Crippen LogP) is 3.64. The average Bonchev–Trinajstić information content (AvgIpc) is 2.45. The molecule has 2 aromatic carbocycles. The summed E-state index contributed by atoms with van der Waals surface area (Å²) >= 11 is 0. The SMILES string of the molecule is CC[C@@](O)(c1ccc2ccccc2c1)[C@H](C)CN(C)C. The minimum atomic E-state index is -0.770. The van der Waals surface area contributed by atoms with Gasteiger partial charge in [0, 0.05) is 12.5 Å². The van der Waals surface area contributed by atoms with Crippen LogP contribution in [-0.2, 0) is 5.60 Å². The van der Waals surface area contributed by atoms with Crippen LogP contribution in [0.5, 0.6) is 0 Å². The first-order valence-electron chi connectivity index (χ1n) is 7.33. The molecule has 20 heavy (non-hydrogen) atoms. The first-order valence-corrected chi connectivity index (χ1v) is 7.33. The molecule has 0 unspecified atom stereocenters. The Hall–Kier alpha value is -1.38. The second-order valence-corrected chi connectivity index (χ2v) is 6.00. The number of benzene rings is 2. The molecular weight excluding hydrogens is 246 g/mol. The molecular formula is C18H25NO. The molecule has 0 aliphatic carbocycles. The minimum Gasteiger partial charge on any atom is -0.385 e. The van der Waals surface area contributed by atoms with Gasteiger partial charge in [0.05, 0.1) is 5.60 Å². The standard InChI is InChI=1S/C18H25NO/c1-5-18(20,14(2)13-19(3)4)17-11-10-15-8-6-7-9-16(15)12-17/h6-12,14,20H,5,13H2,1-4H3/t14-,18+/m1/s1. The summed E-state index contributed by atoms with van der Waals surface area (Å²) in [7, 11) is 4.10. The zero-order chi connectivity index (χ0) is 14.8. The highest BCUT2D eigenvalue weighted by Gasteiger charge is 2.34. The van der Waals surface area contributed by atoms with E-state index >= 15 is 0 Å². The van der Waals surface area contributed by atoms with E-state index in [4.69, 9.17) is 0 Å². The summed E-state index contributed by atoms with van der Waals surface area (Å²) in [5.41, 5.74) is 0.252. The van der Waals surface area contributed by atoms with Crippen molar-refractivity contribution in [3.05, 3.63) is 48.0 Å². The molecule has 0 aliphatic rings. The molecule has 0 saturated carbocycles. The molecule has 0 amide bonds. The zero-order valence-corrected chi connectivity index (χ0v) is 12.9. The number of fused-ring (bicyclic) bond motifs is 1. The lowest BCUT2D eigenvalue weighted by atomic mass is 9.79. The van der Waals surface area contributed by atoms with Gasteiger partial charge in [0.15, 0.2) is 0 Å². The number of aliphatic hydroxyl groups is 1. The van der Waals surface area contributed by atoms with E-state index in [1.54, 1.807) is 0 Å². The maximum Gasteiger partial charge on any atom is 0.0931 e. The largest absolute Gasteiger partial charge is 0.385 e. The van der Waals surface area contributed by atoms with E-state index in [9.17, 15) is 5.11 Å². The fraction of sp³-hybridized carbons (Fsp3) is 0.444. The first kappa shape index (κ1) is 15.0. The third kappa shape index (κ3) is 2.87. The van der Waals surface area contributed by atoms with Crippen molar-refractivity contribution in [2.45, 2.75) is 25.9 Å². The number of hydrogen-bond acceptors (Lipinski definition) is 2. The average molecular weight is 271 g/mol. The van der Waals surface area contributed by atoms with Crippen LogP contribution in [0, 0.1) is 5.92 Å². The monoisotopic (exact) mass is 271 g/mol. The highest BCUT2D eigenvalue weighted by Crippen LogP contribution is 2.34. The number of hydrogen-bond donors (Lipinski definition) is 1. The van der Waals surface area contributed by atoms with E-state index in [1.807, 2.05) is 26.2 Å². The van der Waals surface area contributed by atoms with Crippen molar-refractivity contribution >= 4 is 10.8 Å². The first-order chi connectivity index (χ1) is 9.47. The van der Waals surface area contributed by atoms with Gasteiger partial charge in [-0.3, -0.25) is 0 Å². The number of nitrogens with zero attached hydrogens (tertiary/aromatic N) is 1. The summed E-state index contributed by atoms with van der Waals surface area (Å²) in [5.74, 6) is 0.184. The van der Waals surface area contributed by atoms with Crippen LogP contribution in [0.15, 0.2) is 42.5 Å². The molecule has 1 N–H and O–H groups in total. The van der Waals surface area contributed by atoms with Gasteiger partial charge in [0.2, 0.25) is 0 Å². The van der Waals surface area contributed by atoms with Gasteiger partial charge in [-0.25, -0.2) is 0 Å². The van der Waals surface area contributed by atoms with Crippen LogP contribution >= 0.6 is 0 Å². The minimum absolute atomic E-state index is 0.184. The third-order valence-electron chi connectivity index (χ3n) is 4.24. The summed E-state index contributed by atoms with van der Waals surface area (Å²) in [6.45, 7) is 5.05. The zero-order valence-electron chi connectivity index (χ0n) is 12.9. The van der Waals surface area contributed by atoms with E-state index in [1.165, 1.54) is 10.8 Å². The third-order valence-corrected chi connectivity index (χ3v) is 4.24. The van der Waals surface area contributed by atoms with Crippen LogP contribution in [0.1, 0.15) is 25.8 Å². The Bertz CT molecular complexity index is 578. The van der Waals surface area contributed by atoms with Crippen LogP contribution < -0.4 is 0 Å². The van der Waals surface area contributed by atoms with Gasteiger partial charge in [-0.1, -0.05) is 50.2 Å². The molecule has 2 rings (SSSR count). The van der Waals surface area contributed by atoms with Crippen molar-refractivity contribution < 1.29 is 5.11 Å². The van der Waals surface area contributed by atoms with Crippen molar-refractivity contribution in [3.8, 4) is 0 Å². The Morgan fingerprint density at radius 1 is 1.10 bits per heavy atom. The maximum absolute atomic E-state index is 11.1. The highest BCUT2D eigenvalue weighted by atomic mass is 16.3. The van der Waals surface area contributed by atoms with Gasteiger partial charge in [0.25, 0.3) is 0 Å². The fourth-order valence-electron chi connectivity index (χ4n) is 2.99. The molecule has 108 valence electrons. The molecule has 2 heteroatoms. The molecule has 0 aromatic heterocycles. The number of rotatable bonds is 5. The van der Waals surface area contributed by atoms with Crippen molar-refractivity contribution in [3.63, 3.8) is 0 Å². The molecule has 2 aromatic rings. The van der Waals surface area contributed by atoms with E-state index < -0.39 is 5.60 Å². The second kappa shape index (κ2) is 5.94. The van der Waals surface area contributed by atoms with Gasteiger partial charge >= 0.3 is 0 Å². The molecule has 0 heterocycles. The summed E-state index contributed by atoms with van der Waals surface area (Å²) in [4.78, 5) is 2.13. The molecule has 0 radical (unpaired) electrons. The van der Waals surface area contributed by atoms with Crippen LogP contribution in [0.4, 0.5) is 0 Å². The lowest BCUT2D eigenvalue weighted by molar-refractivity contribution is -0.0290. The predicted molar refractivity (Wildman–Crippen MR) is 85.9 cm³/mol. The molecule has 0 saturated heterocycles. The molecule has 2 atom stereocenters. The highest BCUT2D eigenvalue weighted by molar-refractivity contribution is 5.83. The van der Waals surface area contributed by atoms with Crippen LogP contribution in [0.25, 0.3) is 10.8 Å². The van der Waals surface area contributed by atoms with E-state index in [0.29, 0.717) is 0 Å². The quantitative estimate of drug-likeness (QED) is 0.897. The van der Waals surface area contributed by atoms with Gasteiger partial charge in [0.1, 0.15) is 0 Å². The Labute approximate surface area is 122 Å². The van der Waals surface area contributed by atoms with Gasteiger partial charge in [-0.15, -0.1) is 0 Å². The molecule has 2 nitrogen and oxygen atoms in total. The summed E-state index contributed by atoms with van der Waals surface area (Å²) in [6, 6.07) is 14.6. The molecule has 0 aliphatic heterocycles. The second-order valence-electron chi connectivity index (χ2n) is 6.00. The van der Waals surface area contributed by atoms with Crippen molar-refractivity contribution in [2.24, 2.45) is 5.92 Å². The summed E-state index contributed by atoms with van der Waals surface area (Å²) in [6.07, 6.45) is 0.723. The lowest BCUT2D eigenvalue weighted by Gasteiger charge is -2.35. The van der Waals surface area contributed by atoms with E-state index in [2.05, 4.69) is 49.1 Å². The van der Waals surface area contributed by atoms with Crippen molar-refractivity contribution in [1.82, 2.24) is 4.90 Å². The Morgan fingerprint density at radius 3 is 2.35 bits per heavy atom. The summed E-state index contributed by atoms with van der Waals surface area (Å²) < 4.78 is 0. The van der Waals surface area contributed by atoms with Crippen molar-refractivity contribution in [1.29, 1.82) is 0 Å². The fourth-order valence-corrected chi connectivity index (χ4v) is 2.99. The maximum atomic E-state index is 11.1. The van der Waals surface area contributed by atoms with Gasteiger partial charge < -0.3 is 10.0 Å². The van der Waals surface area contributed by atoms with E-state index in [-0.39, 0.29) is 5.92 Å². The van der Waals surface area contributed by atoms with Crippen LogP contribution in [0.3, 0.4) is 0 Å². The smallest absolute Gasteiger partial charge is 0.0931 e. The molecule has 0 bridgehead atoms. The van der Waals surface area contributed by atoms with E-state index in [0.717, 1.165) is 18.5 Å². The normalized spacial score (nSPS) is 16.3.